The summed E-state index contributed by atoms with van der Waals surface area (Å²) in [6.45, 7) is 6.43. The summed E-state index contributed by atoms with van der Waals surface area (Å²) in [5.41, 5.74) is 1.77. The quantitative estimate of drug-likeness (QED) is 0.215. The Kier molecular flexibility index (Phi) is 16.3. The zero-order valence-electron chi connectivity index (χ0n) is 22.1. The summed E-state index contributed by atoms with van der Waals surface area (Å²) >= 11 is 0. The highest BCUT2D eigenvalue weighted by Crippen LogP contribution is 2.13. The minimum Gasteiger partial charge on any atom is -0.379 e. The second-order valence-electron chi connectivity index (χ2n) is 7.98. The fraction of sp³-hybridized carbons (Fsp3) is 0.600. The molecule has 2 amide bonds. The average molecular weight is 535 g/mol. The molecule has 0 aliphatic carbocycles. The van der Waals surface area contributed by atoms with Crippen LogP contribution in [0.2, 0.25) is 0 Å². The largest absolute Gasteiger partial charge is 0.379 e. The number of nitrogens with zero attached hydrogens (tertiary/aromatic N) is 4. The van der Waals surface area contributed by atoms with Crippen LogP contribution in [-0.2, 0) is 39.8 Å². The number of amides is 2. The molecule has 0 atom stereocenters. The molecule has 0 spiro atoms. The van der Waals surface area contributed by atoms with E-state index in [2.05, 4.69) is 31.0 Å². The number of aromatic nitrogens is 4. The number of hydrogen-bond donors (Lipinski definition) is 2. The molecule has 2 rings (SSSR count). The SMILES string of the molecule is CNC(=O)CCOCCOCCOCCOCCOCCC(=O)NCc1ccc(-c2nnc(C)nn2)cc1. The molecular weight excluding hydrogens is 496 g/mol. The molecule has 0 bridgehead atoms. The normalized spacial score (nSPS) is 10.9. The number of rotatable bonds is 21. The van der Waals surface area contributed by atoms with Crippen LogP contribution in [0.15, 0.2) is 24.3 Å². The van der Waals surface area contributed by atoms with Gasteiger partial charge in [0, 0.05) is 32.0 Å². The van der Waals surface area contributed by atoms with Crippen LogP contribution in [-0.4, -0.2) is 105 Å². The molecule has 2 N–H and O–H groups in total. The van der Waals surface area contributed by atoms with Crippen molar-refractivity contribution in [3.05, 3.63) is 35.7 Å². The van der Waals surface area contributed by atoms with E-state index in [1.807, 2.05) is 24.3 Å². The van der Waals surface area contributed by atoms with Gasteiger partial charge >= 0.3 is 0 Å². The van der Waals surface area contributed by atoms with Crippen molar-refractivity contribution in [3.8, 4) is 11.4 Å². The molecular formula is C25H38N6O7. The van der Waals surface area contributed by atoms with Gasteiger partial charge in [0.1, 0.15) is 0 Å². The van der Waals surface area contributed by atoms with Crippen molar-refractivity contribution in [1.82, 2.24) is 31.0 Å². The Morgan fingerprint density at radius 3 is 1.58 bits per heavy atom. The minimum atomic E-state index is -0.0867. The highest BCUT2D eigenvalue weighted by atomic mass is 16.6. The molecule has 1 aromatic carbocycles. The van der Waals surface area contributed by atoms with Gasteiger partial charge in [-0.2, -0.15) is 0 Å². The van der Waals surface area contributed by atoms with Crippen molar-refractivity contribution in [3.63, 3.8) is 0 Å². The van der Waals surface area contributed by atoms with Gasteiger partial charge in [-0.05, 0) is 12.5 Å². The lowest BCUT2D eigenvalue weighted by Crippen LogP contribution is -2.24. The topological polar surface area (TPSA) is 156 Å². The van der Waals surface area contributed by atoms with E-state index in [1.165, 1.54) is 0 Å². The predicted molar refractivity (Wildman–Crippen MR) is 137 cm³/mol. The summed E-state index contributed by atoms with van der Waals surface area (Å²) in [6.07, 6.45) is 0.620. The van der Waals surface area contributed by atoms with Gasteiger partial charge in [0.2, 0.25) is 17.6 Å². The van der Waals surface area contributed by atoms with Gasteiger partial charge in [0.25, 0.3) is 0 Å². The van der Waals surface area contributed by atoms with Crippen LogP contribution < -0.4 is 10.6 Å². The first kappa shape index (κ1) is 31.1. The van der Waals surface area contributed by atoms with Crippen LogP contribution in [0.3, 0.4) is 0 Å². The van der Waals surface area contributed by atoms with E-state index < -0.39 is 0 Å². The van der Waals surface area contributed by atoms with E-state index in [1.54, 1.807) is 14.0 Å². The van der Waals surface area contributed by atoms with Crippen molar-refractivity contribution >= 4 is 11.8 Å². The Bertz CT molecular complexity index is 915. The first-order valence-electron chi connectivity index (χ1n) is 12.6. The third-order valence-electron chi connectivity index (χ3n) is 4.99. The second kappa shape index (κ2) is 19.9. The van der Waals surface area contributed by atoms with E-state index in [4.69, 9.17) is 23.7 Å². The summed E-state index contributed by atoms with van der Waals surface area (Å²) in [4.78, 5) is 23.0. The zero-order chi connectivity index (χ0) is 27.3. The fourth-order valence-electron chi connectivity index (χ4n) is 2.89. The molecule has 13 heteroatoms. The Balaban J connectivity index is 1.35. The molecule has 2 aromatic rings. The van der Waals surface area contributed by atoms with Crippen molar-refractivity contribution in [2.45, 2.75) is 26.3 Å². The number of carbonyl (C=O) groups excluding carboxylic acids is 2. The lowest BCUT2D eigenvalue weighted by atomic mass is 10.1. The van der Waals surface area contributed by atoms with Crippen molar-refractivity contribution in [2.75, 3.05) is 73.1 Å². The minimum absolute atomic E-state index is 0.0439. The van der Waals surface area contributed by atoms with E-state index in [9.17, 15) is 9.59 Å². The van der Waals surface area contributed by atoms with Crippen molar-refractivity contribution in [1.29, 1.82) is 0 Å². The van der Waals surface area contributed by atoms with Crippen LogP contribution >= 0.6 is 0 Å². The zero-order valence-corrected chi connectivity index (χ0v) is 22.1. The van der Waals surface area contributed by atoms with Crippen LogP contribution in [0.1, 0.15) is 24.2 Å². The summed E-state index contributed by atoms with van der Waals surface area (Å²) in [5.74, 6) is 0.845. The molecule has 38 heavy (non-hydrogen) atoms. The molecule has 0 aliphatic rings. The van der Waals surface area contributed by atoms with Gasteiger partial charge in [-0.25, -0.2) is 0 Å². The van der Waals surface area contributed by atoms with Crippen molar-refractivity contribution < 1.29 is 33.3 Å². The number of hydrogen-bond acceptors (Lipinski definition) is 11. The van der Waals surface area contributed by atoms with Crippen LogP contribution in [0.25, 0.3) is 11.4 Å². The van der Waals surface area contributed by atoms with Gasteiger partial charge in [-0.3, -0.25) is 9.59 Å². The molecule has 0 aliphatic heterocycles. The van der Waals surface area contributed by atoms with Crippen molar-refractivity contribution in [2.24, 2.45) is 0 Å². The average Bonchev–Trinajstić information content (AvgIpc) is 2.94. The number of benzene rings is 1. The van der Waals surface area contributed by atoms with Crippen LogP contribution in [0.4, 0.5) is 0 Å². The second-order valence-corrected chi connectivity index (χ2v) is 7.98. The monoisotopic (exact) mass is 534 g/mol. The van der Waals surface area contributed by atoms with Gasteiger partial charge in [0.15, 0.2) is 5.82 Å². The highest BCUT2D eigenvalue weighted by Gasteiger charge is 2.05. The van der Waals surface area contributed by atoms with Crippen LogP contribution in [0, 0.1) is 6.92 Å². The maximum atomic E-state index is 12.0. The maximum Gasteiger partial charge on any atom is 0.222 e. The third kappa shape index (κ3) is 14.6. The number of ether oxygens (including phenoxy) is 5. The van der Waals surface area contributed by atoms with Gasteiger partial charge in [-0.1, -0.05) is 24.3 Å². The number of aryl methyl sites for hydroxylation is 1. The Morgan fingerprint density at radius 2 is 1.11 bits per heavy atom. The predicted octanol–water partition coefficient (Wildman–Crippen LogP) is 0.467. The number of nitrogens with one attached hydrogen (secondary N) is 2. The first-order valence-corrected chi connectivity index (χ1v) is 12.6. The lowest BCUT2D eigenvalue weighted by molar-refractivity contribution is -0.123. The Labute approximate surface area is 222 Å². The Hall–Kier alpha value is -3.10. The van der Waals surface area contributed by atoms with Gasteiger partial charge in [-0.15, -0.1) is 20.4 Å². The standard InChI is InChI=1S/C25H38N6O7/c1-20-28-30-25(31-29-20)22-5-3-21(4-6-22)19-27-24(33)8-10-35-12-14-37-16-18-38-17-15-36-13-11-34-9-7-23(32)26-2/h3-6H,7-19H2,1-2H3,(H,26,32)(H,27,33). The molecule has 1 aromatic heterocycles. The Morgan fingerprint density at radius 1 is 0.658 bits per heavy atom. The summed E-state index contributed by atoms with van der Waals surface area (Å²) in [5, 5.41) is 21.2. The molecule has 0 fully saturated rings. The molecule has 0 unspecified atom stereocenters. The molecule has 0 saturated carbocycles. The maximum absolute atomic E-state index is 12.0. The van der Waals surface area contributed by atoms with Gasteiger partial charge < -0.3 is 34.3 Å². The molecule has 13 nitrogen and oxygen atoms in total. The van der Waals surface area contributed by atoms with E-state index in [0.717, 1.165) is 11.1 Å². The molecule has 1 heterocycles. The first-order chi connectivity index (χ1) is 18.6. The van der Waals surface area contributed by atoms with E-state index in [0.29, 0.717) is 90.7 Å². The van der Waals surface area contributed by atoms with E-state index >= 15 is 0 Å². The summed E-state index contributed by atoms with van der Waals surface area (Å²) < 4.78 is 26.9. The smallest absolute Gasteiger partial charge is 0.222 e. The van der Waals surface area contributed by atoms with Crippen LogP contribution in [0.5, 0.6) is 0 Å². The lowest BCUT2D eigenvalue weighted by Gasteiger charge is -2.08. The molecule has 210 valence electrons. The van der Waals surface area contributed by atoms with Gasteiger partial charge in [0.05, 0.1) is 66.1 Å². The summed E-state index contributed by atoms with van der Waals surface area (Å²) in [6, 6.07) is 7.54. The highest BCUT2D eigenvalue weighted by molar-refractivity contribution is 5.76. The molecule has 0 radical (unpaired) electrons. The fourth-order valence-corrected chi connectivity index (χ4v) is 2.89. The number of carbonyl (C=O) groups is 2. The third-order valence-corrected chi connectivity index (χ3v) is 4.99. The molecule has 0 saturated heterocycles. The van der Waals surface area contributed by atoms with E-state index in [-0.39, 0.29) is 18.2 Å². The summed E-state index contributed by atoms with van der Waals surface area (Å²) in [7, 11) is 1.60.